The van der Waals surface area contributed by atoms with E-state index in [9.17, 15) is 5.11 Å². The fourth-order valence-corrected chi connectivity index (χ4v) is 2.40. The molecule has 0 aromatic heterocycles. The van der Waals surface area contributed by atoms with E-state index in [-0.39, 0.29) is 11.5 Å². The topological polar surface area (TPSA) is 40.5 Å². The van der Waals surface area contributed by atoms with E-state index in [2.05, 4.69) is 11.6 Å². The van der Waals surface area contributed by atoms with Gasteiger partial charge in [0.25, 0.3) is 0 Å². The number of rotatable bonds is 3. The maximum atomic E-state index is 9.23. The van der Waals surface area contributed by atoms with Crippen LogP contribution >= 0.6 is 0 Å². The molecule has 3 heteroatoms. The van der Waals surface area contributed by atoms with Crippen molar-refractivity contribution in [3.05, 3.63) is 23.8 Å². The van der Waals surface area contributed by atoms with Crippen molar-refractivity contribution in [2.75, 3.05) is 0 Å². The Morgan fingerprint density at radius 1 is 1.15 bits per heavy atom. The Bertz CT molecular complexity index is 284. The van der Waals surface area contributed by atoms with Gasteiger partial charge < -0.3 is 0 Å². The van der Waals surface area contributed by atoms with Crippen molar-refractivity contribution in [3.63, 3.8) is 0 Å². The van der Waals surface area contributed by atoms with Gasteiger partial charge in [0.1, 0.15) is 0 Å². The minimum atomic E-state index is -0.395. The molecule has 0 aliphatic carbocycles. The Hall–Kier alpha value is -0.661. The number of aromatic hydroxyl groups is 2. The van der Waals surface area contributed by atoms with Crippen LogP contribution in [0.25, 0.3) is 0 Å². The molecule has 72 valence electrons. The molecule has 0 saturated heterocycles. The Morgan fingerprint density at radius 3 is 2.38 bits per heavy atom. The third-order valence-corrected chi connectivity index (χ3v) is 3.98. The molecule has 13 heavy (non-hydrogen) atoms. The number of hydrogen-bond donors (Lipinski definition) is 2. The van der Waals surface area contributed by atoms with Crippen molar-refractivity contribution < 1.29 is 10.2 Å². The zero-order valence-corrected chi connectivity index (χ0v) is 9.66. The molecule has 0 fully saturated rings. The molecule has 0 heterocycles. The number of benzene rings is 1. The summed E-state index contributed by atoms with van der Waals surface area (Å²) in [4.78, 5) is 0. The van der Waals surface area contributed by atoms with Crippen molar-refractivity contribution in [1.82, 2.24) is 0 Å². The monoisotopic (exact) mass is 247 g/mol. The Labute approximate surface area is 83.1 Å². The molecule has 1 aromatic rings. The average molecular weight is 246 g/mol. The second kappa shape index (κ2) is 4.54. The molecular formula is C10H15O2Se+. The van der Waals surface area contributed by atoms with Crippen LogP contribution in [0.5, 0.6) is 11.5 Å². The van der Waals surface area contributed by atoms with E-state index in [1.54, 1.807) is 12.1 Å². The van der Waals surface area contributed by atoms with Gasteiger partial charge in [-0.1, -0.05) is 0 Å². The molecule has 1 rings (SSSR count). The molecular weight excluding hydrogens is 231 g/mol. The number of aryl methyl sites for hydroxylation is 1. The molecule has 0 amide bonds. The standard InChI is InChI=1S/C10H14O2Se/c1-13(2)6-5-8-3-4-9(11)10(12)7-8/h3-4,7H,5-6H2,1-2H3,(H-,11,12)/p+1. The molecule has 0 unspecified atom stereocenters. The normalized spacial score (nSPS) is 10.7. The first-order valence-corrected chi connectivity index (χ1v) is 8.78. The van der Waals surface area contributed by atoms with E-state index < -0.39 is 13.9 Å². The Morgan fingerprint density at radius 2 is 1.85 bits per heavy atom. The Balaban J connectivity index is 2.63. The fourth-order valence-electron chi connectivity index (χ4n) is 1.05. The summed E-state index contributed by atoms with van der Waals surface area (Å²) in [6.45, 7) is 0. The molecule has 0 bridgehead atoms. The van der Waals surface area contributed by atoms with Gasteiger partial charge in [-0.05, 0) is 0 Å². The van der Waals surface area contributed by atoms with Crippen LogP contribution in [-0.2, 0) is 6.42 Å². The molecule has 0 radical (unpaired) electrons. The van der Waals surface area contributed by atoms with E-state index in [1.807, 2.05) is 6.07 Å². The van der Waals surface area contributed by atoms with Crippen molar-refractivity contribution in [1.29, 1.82) is 0 Å². The molecule has 0 atom stereocenters. The number of phenols is 2. The Kier molecular flexibility index (Phi) is 3.64. The third kappa shape index (κ3) is 3.29. The van der Waals surface area contributed by atoms with E-state index in [0.717, 1.165) is 12.0 Å². The summed E-state index contributed by atoms with van der Waals surface area (Å²) in [7, 11) is 0. The fraction of sp³-hybridized carbons (Fsp3) is 0.400. The van der Waals surface area contributed by atoms with Gasteiger partial charge in [0, 0.05) is 0 Å². The van der Waals surface area contributed by atoms with Gasteiger partial charge in [-0.15, -0.1) is 0 Å². The first-order valence-electron chi connectivity index (χ1n) is 4.14. The zero-order chi connectivity index (χ0) is 9.84. The summed E-state index contributed by atoms with van der Waals surface area (Å²) in [6.07, 6.45) is 1.01. The third-order valence-electron chi connectivity index (χ3n) is 1.84. The van der Waals surface area contributed by atoms with Crippen LogP contribution in [0.3, 0.4) is 0 Å². The summed E-state index contributed by atoms with van der Waals surface area (Å²) < 4.78 is 0. The second-order valence-electron chi connectivity index (χ2n) is 3.26. The van der Waals surface area contributed by atoms with Gasteiger partial charge in [0.15, 0.2) is 0 Å². The summed E-state index contributed by atoms with van der Waals surface area (Å²) in [5.41, 5.74) is 1.10. The SMILES string of the molecule is C[Se+](C)CCc1ccc(O)c(O)c1. The van der Waals surface area contributed by atoms with Crippen molar-refractivity contribution in [3.8, 4) is 11.5 Å². The molecule has 2 nitrogen and oxygen atoms in total. The van der Waals surface area contributed by atoms with Crippen LogP contribution in [-0.4, -0.2) is 24.1 Å². The summed E-state index contributed by atoms with van der Waals surface area (Å²) in [5, 5.41) is 19.5. The maximum absolute atomic E-state index is 9.23. The molecule has 0 spiro atoms. The van der Waals surface area contributed by atoms with Crippen LogP contribution in [0, 0.1) is 0 Å². The summed E-state index contributed by atoms with van der Waals surface area (Å²) in [6, 6.07) is 5.05. The molecule has 0 saturated carbocycles. The molecule has 0 aliphatic heterocycles. The van der Waals surface area contributed by atoms with Crippen molar-refractivity contribution >= 4 is 13.9 Å². The van der Waals surface area contributed by atoms with Crippen LogP contribution in [0.1, 0.15) is 5.56 Å². The first kappa shape index (κ1) is 10.4. The van der Waals surface area contributed by atoms with Crippen LogP contribution < -0.4 is 0 Å². The van der Waals surface area contributed by atoms with Gasteiger partial charge in [-0.3, -0.25) is 0 Å². The van der Waals surface area contributed by atoms with Crippen LogP contribution in [0.15, 0.2) is 18.2 Å². The van der Waals surface area contributed by atoms with Crippen LogP contribution in [0.4, 0.5) is 0 Å². The van der Waals surface area contributed by atoms with Gasteiger partial charge in [0.2, 0.25) is 0 Å². The predicted molar refractivity (Wildman–Crippen MR) is 55.8 cm³/mol. The van der Waals surface area contributed by atoms with Gasteiger partial charge >= 0.3 is 82.8 Å². The number of phenolic OH excluding ortho intramolecular Hbond substituents is 2. The van der Waals surface area contributed by atoms with E-state index in [4.69, 9.17) is 5.11 Å². The zero-order valence-electron chi connectivity index (χ0n) is 7.95. The first-order chi connectivity index (χ1) is 6.09. The van der Waals surface area contributed by atoms with Gasteiger partial charge in [-0.25, -0.2) is 0 Å². The molecule has 0 aliphatic rings. The van der Waals surface area contributed by atoms with Crippen LogP contribution in [0.2, 0.25) is 17.0 Å². The second-order valence-corrected chi connectivity index (χ2v) is 8.26. The van der Waals surface area contributed by atoms with E-state index >= 15 is 0 Å². The average Bonchev–Trinajstić information content (AvgIpc) is 2.07. The molecule has 2 N–H and O–H groups in total. The van der Waals surface area contributed by atoms with E-state index in [1.165, 1.54) is 5.32 Å². The molecule has 1 aromatic carbocycles. The summed E-state index contributed by atoms with van der Waals surface area (Å²) in [5.74, 6) is 4.53. The van der Waals surface area contributed by atoms with Crippen molar-refractivity contribution in [2.45, 2.75) is 23.4 Å². The van der Waals surface area contributed by atoms with Crippen molar-refractivity contribution in [2.24, 2.45) is 0 Å². The minimum absolute atomic E-state index is 0.0127. The van der Waals surface area contributed by atoms with Gasteiger partial charge in [-0.2, -0.15) is 0 Å². The van der Waals surface area contributed by atoms with Gasteiger partial charge in [0.05, 0.1) is 0 Å². The summed E-state index contributed by atoms with van der Waals surface area (Å²) >= 11 is -0.395. The predicted octanol–water partition coefficient (Wildman–Crippen LogP) is 2.39. The quantitative estimate of drug-likeness (QED) is 0.635. The van der Waals surface area contributed by atoms with E-state index in [0.29, 0.717) is 0 Å². The number of hydrogen-bond acceptors (Lipinski definition) is 2.